The fraction of sp³-hybridized carbons (Fsp3) is 0.0769. The van der Waals surface area contributed by atoms with Crippen LogP contribution < -0.4 is 5.32 Å². The van der Waals surface area contributed by atoms with Crippen LogP contribution in [0.25, 0.3) is 5.70 Å². The van der Waals surface area contributed by atoms with Crippen molar-refractivity contribution >= 4 is 17.1 Å². The standard InChI is InChI=1S/C13H11N3O4/c1-4-6-14-10(5-2)13-11(15(17)18)7-9(3)8-12(13)16(19)20/h6-8,14H,1-2H2,3H3. The highest BCUT2D eigenvalue weighted by Crippen LogP contribution is 2.34. The Balaban J connectivity index is 3.71. The van der Waals surface area contributed by atoms with Gasteiger partial charge in [-0.2, -0.15) is 0 Å². The summed E-state index contributed by atoms with van der Waals surface area (Å²) in [5.41, 5.74) is 4.25. The van der Waals surface area contributed by atoms with Crippen molar-refractivity contribution in [1.82, 2.24) is 5.32 Å². The smallest absolute Gasteiger partial charge is 0.286 e. The van der Waals surface area contributed by atoms with E-state index in [1.165, 1.54) is 25.3 Å². The molecule has 0 aliphatic heterocycles. The number of nitro benzene ring substituents is 2. The maximum absolute atomic E-state index is 11.1. The number of nitrogens with zero attached hydrogens (tertiary/aromatic N) is 2. The number of nitro groups is 2. The zero-order chi connectivity index (χ0) is 15.3. The first kappa shape index (κ1) is 14.9. The SMILES string of the molecule is C=C=CNC(=C=C)c1c([N+](=O)[O-])cc(C)cc1[N+](=O)[O-]. The van der Waals surface area contributed by atoms with Crippen LogP contribution in [0.5, 0.6) is 0 Å². The molecule has 0 atom stereocenters. The normalized spacial score (nSPS) is 9.05. The second kappa shape index (κ2) is 6.15. The van der Waals surface area contributed by atoms with E-state index in [4.69, 9.17) is 0 Å². The van der Waals surface area contributed by atoms with Gasteiger partial charge in [-0.05, 0) is 12.5 Å². The van der Waals surface area contributed by atoms with E-state index in [2.05, 4.69) is 29.9 Å². The maximum Gasteiger partial charge on any atom is 0.286 e. The number of benzene rings is 1. The van der Waals surface area contributed by atoms with Crippen molar-refractivity contribution in [3.05, 3.63) is 74.3 Å². The summed E-state index contributed by atoms with van der Waals surface area (Å²) >= 11 is 0. The highest BCUT2D eigenvalue weighted by molar-refractivity contribution is 5.79. The van der Waals surface area contributed by atoms with Crippen molar-refractivity contribution in [2.24, 2.45) is 0 Å². The summed E-state index contributed by atoms with van der Waals surface area (Å²) in [5, 5.41) is 24.8. The minimum absolute atomic E-state index is 0.0135. The first-order valence-corrected chi connectivity index (χ1v) is 5.37. The van der Waals surface area contributed by atoms with E-state index in [-0.39, 0.29) is 11.3 Å². The molecule has 1 rings (SSSR count). The van der Waals surface area contributed by atoms with Gasteiger partial charge in [-0.1, -0.05) is 13.2 Å². The Morgan fingerprint density at radius 3 is 2.10 bits per heavy atom. The molecule has 1 aromatic carbocycles. The van der Waals surface area contributed by atoms with Gasteiger partial charge in [0.25, 0.3) is 11.4 Å². The van der Waals surface area contributed by atoms with E-state index in [0.29, 0.717) is 5.56 Å². The second-order valence-electron chi connectivity index (χ2n) is 3.74. The van der Waals surface area contributed by atoms with Crippen molar-refractivity contribution in [1.29, 1.82) is 0 Å². The molecule has 7 heteroatoms. The maximum atomic E-state index is 11.1. The van der Waals surface area contributed by atoms with E-state index in [1.54, 1.807) is 0 Å². The Kier molecular flexibility index (Phi) is 4.59. The Morgan fingerprint density at radius 1 is 1.25 bits per heavy atom. The van der Waals surface area contributed by atoms with Crippen molar-refractivity contribution in [2.75, 3.05) is 0 Å². The minimum Gasteiger partial charge on any atom is -0.348 e. The number of nitrogens with one attached hydrogen (secondary N) is 1. The van der Waals surface area contributed by atoms with Gasteiger partial charge >= 0.3 is 0 Å². The van der Waals surface area contributed by atoms with Gasteiger partial charge < -0.3 is 5.32 Å². The van der Waals surface area contributed by atoms with Crippen LogP contribution in [0, 0.1) is 27.2 Å². The molecular formula is C13H11N3O4. The molecule has 0 unspecified atom stereocenters. The molecular weight excluding hydrogens is 262 g/mol. The molecule has 7 nitrogen and oxygen atoms in total. The molecule has 20 heavy (non-hydrogen) atoms. The predicted octanol–water partition coefficient (Wildman–Crippen LogP) is 2.83. The third-order valence-corrected chi connectivity index (χ3v) is 2.38. The summed E-state index contributed by atoms with van der Waals surface area (Å²) in [6, 6.07) is 2.50. The fourth-order valence-corrected chi connectivity index (χ4v) is 1.63. The molecule has 102 valence electrons. The lowest BCUT2D eigenvalue weighted by Crippen LogP contribution is -2.08. The molecule has 0 saturated heterocycles. The highest BCUT2D eigenvalue weighted by atomic mass is 16.6. The molecule has 1 N–H and O–H groups in total. The predicted molar refractivity (Wildman–Crippen MR) is 73.9 cm³/mol. The minimum atomic E-state index is -0.689. The van der Waals surface area contributed by atoms with Crippen molar-refractivity contribution in [2.45, 2.75) is 6.92 Å². The molecule has 0 aliphatic rings. The van der Waals surface area contributed by atoms with Gasteiger partial charge in [0.2, 0.25) is 0 Å². The lowest BCUT2D eigenvalue weighted by atomic mass is 10.0. The highest BCUT2D eigenvalue weighted by Gasteiger charge is 2.28. The van der Waals surface area contributed by atoms with Crippen LogP contribution >= 0.6 is 0 Å². The number of hydrogen-bond acceptors (Lipinski definition) is 5. The molecule has 0 radical (unpaired) electrons. The summed E-state index contributed by atoms with van der Waals surface area (Å²) in [4.78, 5) is 20.8. The van der Waals surface area contributed by atoms with Crippen LogP contribution in [-0.4, -0.2) is 9.85 Å². The van der Waals surface area contributed by atoms with E-state index < -0.39 is 21.2 Å². The number of hydrogen-bond donors (Lipinski definition) is 1. The average molecular weight is 273 g/mol. The largest absolute Gasteiger partial charge is 0.348 e. The Labute approximate surface area is 114 Å². The van der Waals surface area contributed by atoms with Crippen LogP contribution in [0.1, 0.15) is 11.1 Å². The summed E-state index contributed by atoms with van der Waals surface area (Å²) in [6.07, 6.45) is 1.25. The Hall–Kier alpha value is -3.14. The first-order chi connectivity index (χ1) is 9.42. The summed E-state index contributed by atoms with van der Waals surface area (Å²) < 4.78 is 0. The van der Waals surface area contributed by atoms with Crippen LogP contribution in [-0.2, 0) is 0 Å². The van der Waals surface area contributed by atoms with Gasteiger partial charge in [0.1, 0.15) is 5.70 Å². The Bertz CT molecular complexity index is 646. The van der Waals surface area contributed by atoms with Crippen molar-refractivity contribution < 1.29 is 9.85 Å². The van der Waals surface area contributed by atoms with E-state index in [9.17, 15) is 20.2 Å². The second-order valence-corrected chi connectivity index (χ2v) is 3.74. The molecule has 1 aromatic rings. The van der Waals surface area contributed by atoms with Gasteiger partial charge in [0.15, 0.2) is 5.56 Å². The number of rotatable bonds is 5. The summed E-state index contributed by atoms with van der Waals surface area (Å²) in [6.45, 7) is 8.23. The van der Waals surface area contributed by atoms with Gasteiger partial charge in [0.05, 0.1) is 9.85 Å². The molecule has 0 saturated carbocycles. The van der Waals surface area contributed by atoms with E-state index in [0.717, 1.165) is 0 Å². The molecule has 0 heterocycles. The van der Waals surface area contributed by atoms with Crippen LogP contribution in [0.3, 0.4) is 0 Å². The molecule has 0 fully saturated rings. The van der Waals surface area contributed by atoms with Gasteiger partial charge in [0, 0.05) is 18.3 Å². The molecule has 0 aromatic heterocycles. The lowest BCUT2D eigenvalue weighted by molar-refractivity contribution is -0.394. The third kappa shape index (κ3) is 3.00. The van der Waals surface area contributed by atoms with Crippen LogP contribution in [0.2, 0.25) is 0 Å². The van der Waals surface area contributed by atoms with Gasteiger partial charge in [-0.3, -0.25) is 20.2 Å². The summed E-state index contributed by atoms with van der Waals surface area (Å²) in [7, 11) is 0. The summed E-state index contributed by atoms with van der Waals surface area (Å²) in [5.74, 6) is 0. The van der Waals surface area contributed by atoms with E-state index >= 15 is 0 Å². The molecule has 0 amide bonds. The monoisotopic (exact) mass is 273 g/mol. The van der Waals surface area contributed by atoms with Gasteiger partial charge in [-0.15, -0.1) is 11.5 Å². The molecule has 0 spiro atoms. The first-order valence-electron chi connectivity index (χ1n) is 5.37. The van der Waals surface area contributed by atoms with Crippen molar-refractivity contribution in [3.8, 4) is 0 Å². The van der Waals surface area contributed by atoms with E-state index in [1.807, 2.05) is 0 Å². The zero-order valence-electron chi connectivity index (χ0n) is 10.7. The van der Waals surface area contributed by atoms with Crippen molar-refractivity contribution in [3.63, 3.8) is 0 Å². The lowest BCUT2D eigenvalue weighted by Gasteiger charge is -2.07. The quantitative estimate of drug-likeness (QED) is 0.505. The zero-order valence-corrected chi connectivity index (χ0v) is 10.7. The van der Waals surface area contributed by atoms with Crippen LogP contribution in [0.4, 0.5) is 11.4 Å². The number of aryl methyl sites for hydroxylation is 1. The third-order valence-electron chi connectivity index (χ3n) is 2.38. The van der Waals surface area contributed by atoms with Crippen LogP contribution in [0.15, 0.2) is 43.0 Å². The van der Waals surface area contributed by atoms with Gasteiger partial charge in [-0.25, -0.2) is 0 Å². The average Bonchev–Trinajstić information content (AvgIpc) is 2.39. The molecule has 0 bridgehead atoms. The molecule has 0 aliphatic carbocycles. The Morgan fingerprint density at radius 2 is 1.75 bits per heavy atom. The fourth-order valence-electron chi connectivity index (χ4n) is 1.63. The topological polar surface area (TPSA) is 98.3 Å².